The Kier molecular flexibility index (Phi) is 9.66. The predicted octanol–water partition coefficient (Wildman–Crippen LogP) is 1.89. The molecule has 23 heavy (non-hydrogen) atoms. The Morgan fingerprint density at radius 1 is 1.30 bits per heavy atom. The summed E-state index contributed by atoms with van der Waals surface area (Å²) in [5.74, 6) is -0.615. The number of hydrazine groups is 1. The van der Waals surface area contributed by atoms with Crippen LogP contribution < -0.4 is 10.9 Å². The minimum Gasteiger partial charge on any atom is -0.291 e. The topological polar surface area (TPSA) is 81.7 Å². The first-order chi connectivity index (χ1) is 11.2. The van der Waals surface area contributed by atoms with Crippen molar-refractivity contribution in [3.05, 3.63) is 35.9 Å². The van der Waals surface area contributed by atoms with E-state index >= 15 is 0 Å². The van der Waals surface area contributed by atoms with Gasteiger partial charge in [-0.1, -0.05) is 56.5 Å². The summed E-state index contributed by atoms with van der Waals surface area (Å²) in [5.41, 5.74) is 6.77. The molecular formula is C17H27N3O3. The third-order valence-electron chi connectivity index (χ3n) is 3.65. The van der Waals surface area contributed by atoms with Crippen LogP contribution in [0.1, 0.15) is 38.2 Å². The van der Waals surface area contributed by atoms with Gasteiger partial charge in [0, 0.05) is 6.54 Å². The van der Waals surface area contributed by atoms with E-state index in [2.05, 4.69) is 17.8 Å². The predicted molar refractivity (Wildman–Crippen MR) is 88.5 cm³/mol. The minimum absolute atomic E-state index is 0.0133. The first-order valence-electron chi connectivity index (χ1n) is 8.14. The molecule has 0 unspecified atom stereocenters. The maximum Gasteiger partial charge on any atom is 0.239 e. The van der Waals surface area contributed by atoms with E-state index in [1.807, 2.05) is 30.3 Å². The van der Waals surface area contributed by atoms with Gasteiger partial charge in [0.05, 0.1) is 12.5 Å². The summed E-state index contributed by atoms with van der Waals surface area (Å²) in [7, 11) is 0. The molecule has 1 atom stereocenters. The van der Waals surface area contributed by atoms with E-state index in [0.717, 1.165) is 25.7 Å². The molecule has 0 fully saturated rings. The lowest BCUT2D eigenvalue weighted by atomic mass is 10.0. The van der Waals surface area contributed by atoms with Crippen LogP contribution in [0.3, 0.4) is 0 Å². The molecule has 0 aliphatic carbocycles. The molecule has 0 saturated heterocycles. The molecule has 1 rings (SSSR count). The van der Waals surface area contributed by atoms with Gasteiger partial charge in [0.15, 0.2) is 0 Å². The second kappa shape index (κ2) is 11.6. The monoisotopic (exact) mass is 321 g/mol. The summed E-state index contributed by atoms with van der Waals surface area (Å²) < 4.78 is 0. The molecule has 0 saturated carbocycles. The van der Waals surface area contributed by atoms with Gasteiger partial charge in [-0.05, 0) is 18.4 Å². The molecular weight excluding hydrogens is 294 g/mol. The van der Waals surface area contributed by atoms with E-state index in [4.69, 9.17) is 0 Å². The first kappa shape index (κ1) is 19.1. The molecule has 0 bridgehead atoms. The zero-order valence-electron chi connectivity index (χ0n) is 13.7. The highest BCUT2D eigenvalue weighted by atomic mass is 16.5. The highest BCUT2D eigenvalue weighted by molar-refractivity contribution is 5.78. The average Bonchev–Trinajstić information content (AvgIpc) is 2.58. The van der Waals surface area contributed by atoms with E-state index in [9.17, 15) is 14.8 Å². The van der Waals surface area contributed by atoms with Crippen LogP contribution in [-0.4, -0.2) is 35.7 Å². The van der Waals surface area contributed by atoms with E-state index in [1.165, 1.54) is 5.56 Å². The molecule has 6 nitrogen and oxygen atoms in total. The maximum absolute atomic E-state index is 12.2. The molecule has 0 spiro atoms. The van der Waals surface area contributed by atoms with Gasteiger partial charge in [-0.25, -0.2) is 10.5 Å². The second-order valence-electron chi connectivity index (χ2n) is 5.57. The van der Waals surface area contributed by atoms with Crippen molar-refractivity contribution in [2.45, 2.75) is 39.0 Å². The highest BCUT2D eigenvalue weighted by Gasteiger charge is 2.20. The number of hydrogen-bond acceptors (Lipinski definition) is 4. The molecule has 0 aliphatic heterocycles. The van der Waals surface area contributed by atoms with Crippen LogP contribution in [0.15, 0.2) is 30.3 Å². The fraction of sp³-hybridized carbons (Fsp3) is 0.529. The van der Waals surface area contributed by atoms with E-state index in [-0.39, 0.29) is 12.5 Å². The molecule has 3 N–H and O–H groups in total. The zero-order valence-corrected chi connectivity index (χ0v) is 13.7. The minimum atomic E-state index is -0.416. The number of nitrogens with one attached hydrogen (secondary N) is 2. The van der Waals surface area contributed by atoms with Crippen LogP contribution in [0.5, 0.6) is 0 Å². The Morgan fingerprint density at radius 3 is 2.70 bits per heavy atom. The number of rotatable bonds is 12. The third kappa shape index (κ3) is 8.32. The fourth-order valence-electron chi connectivity index (χ4n) is 2.32. The summed E-state index contributed by atoms with van der Waals surface area (Å²) in [6.07, 6.45) is 4.75. The normalized spacial score (nSPS) is 11.7. The van der Waals surface area contributed by atoms with Crippen molar-refractivity contribution in [1.29, 1.82) is 0 Å². The number of hydrogen-bond donors (Lipinski definition) is 3. The molecule has 0 aliphatic rings. The quantitative estimate of drug-likeness (QED) is 0.238. The number of amides is 2. The van der Waals surface area contributed by atoms with Gasteiger partial charge < -0.3 is 0 Å². The lowest BCUT2D eigenvalue weighted by Gasteiger charge is -2.19. The number of benzene rings is 1. The van der Waals surface area contributed by atoms with E-state index in [0.29, 0.717) is 24.4 Å². The lowest BCUT2D eigenvalue weighted by molar-refractivity contribution is -0.154. The van der Waals surface area contributed by atoms with Crippen molar-refractivity contribution < 1.29 is 14.8 Å². The van der Waals surface area contributed by atoms with Gasteiger partial charge in [-0.3, -0.25) is 20.2 Å². The Bertz CT molecular complexity index is 454. The van der Waals surface area contributed by atoms with E-state index in [1.54, 1.807) is 0 Å². The standard InChI is InChI=1S/C17H27N3O3/c1-2-3-5-10-16(13-20(23)14-21)17(22)19-18-12-11-15-8-6-4-7-9-15/h4,6-9,14,16,18,23H,2-3,5,10-13H2,1H3,(H,19,22)/t16-/m1/s1. The van der Waals surface area contributed by atoms with Crippen LogP contribution in [-0.2, 0) is 16.0 Å². The molecule has 0 heterocycles. The van der Waals surface area contributed by atoms with Gasteiger partial charge in [-0.2, -0.15) is 0 Å². The maximum atomic E-state index is 12.2. The Morgan fingerprint density at radius 2 is 2.04 bits per heavy atom. The largest absolute Gasteiger partial charge is 0.291 e. The zero-order chi connectivity index (χ0) is 16.9. The van der Waals surface area contributed by atoms with Gasteiger partial charge >= 0.3 is 0 Å². The molecule has 0 aromatic heterocycles. The number of unbranched alkanes of at least 4 members (excludes halogenated alkanes) is 2. The van der Waals surface area contributed by atoms with Crippen molar-refractivity contribution in [1.82, 2.24) is 15.9 Å². The summed E-state index contributed by atoms with van der Waals surface area (Å²) in [4.78, 5) is 22.7. The Hall–Kier alpha value is -1.92. The summed E-state index contributed by atoms with van der Waals surface area (Å²) in [6, 6.07) is 9.99. The van der Waals surface area contributed by atoms with Gasteiger partial charge in [-0.15, -0.1) is 0 Å². The van der Waals surface area contributed by atoms with Crippen LogP contribution >= 0.6 is 0 Å². The SMILES string of the molecule is CCCCC[C@H](CN(O)C=O)C(=O)NNCCc1ccccc1. The molecule has 128 valence electrons. The number of hydroxylamine groups is 2. The second-order valence-corrected chi connectivity index (χ2v) is 5.57. The van der Waals surface area contributed by atoms with Crippen molar-refractivity contribution >= 4 is 12.3 Å². The van der Waals surface area contributed by atoms with Crippen molar-refractivity contribution in [3.63, 3.8) is 0 Å². The number of carbonyl (C=O) groups excluding carboxylic acids is 2. The molecule has 1 aromatic carbocycles. The van der Waals surface area contributed by atoms with Crippen LogP contribution in [0.4, 0.5) is 0 Å². The molecule has 1 aromatic rings. The van der Waals surface area contributed by atoms with Gasteiger partial charge in [0.1, 0.15) is 0 Å². The van der Waals surface area contributed by atoms with Gasteiger partial charge in [0.25, 0.3) is 0 Å². The molecule has 0 radical (unpaired) electrons. The van der Waals surface area contributed by atoms with Crippen LogP contribution in [0, 0.1) is 5.92 Å². The fourth-order valence-corrected chi connectivity index (χ4v) is 2.32. The summed E-state index contributed by atoms with van der Waals surface area (Å²) in [6.45, 7) is 2.72. The van der Waals surface area contributed by atoms with Crippen molar-refractivity contribution in [2.75, 3.05) is 13.1 Å². The van der Waals surface area contributed by atoms with E-state index < -0.39 is 5.92 Å². The van der Waals surface area contributed by atoms with Crippen LogP contribution in [0.2, 0.25) is 0 Å². The highest BCUT2D eigenvalue weighted by Crippen LogP contribution is 2.11. The third-order valence-corrected chi connectivity index (χ3v) is 3.65. The Balaban J connectivity index is 2.34. The smallest absolute Gasteiger partial charge is 0.239 e. The van der Waals surface area contributed by atoms with Crippen molar-refractivity contribution in [3.8, 4) is 0 Å². The molecule has 6 heteroatoms. The van der Waals surface area contributed by atoms with Crippen LogP contribution in [0.25, 0.3) is 0 Å². The Labute approximate surface area is 137 Å². The molecule has 2 amide bonds. The summed E-state index contributed by atoms with van der Waals surface area (Å²) >= 11 is 0. The summed E-state index contributed by atoms with van der Waals surface area (Å²) in [5, 5.41) is 9.85. The number of nitrogens with zero attached hydrogens (tertiary/aromatic N) is 1. The average molecular weight is 321 g/mol. The lowest BCUT2D eigenvalue weighted by Crippen LogP contribution is -2.45. The van der Waals surface area contributed by atoms with Crippen molar-refractivity contribution in [2.24, 2.45) is 5.92 Å². The van der Waals surface area contributed by atoms with Gasteiger partial charge in [0.2, 0.25) is 12.3 Å². The first-order valence-corrected chi connectivity index (χ1v) is 8.14. The number of carbonyl (C=O) groups is 2.